The molecule has 0 saturated heterocycles. The van der Waals surface area contributed by atoms with Crippen LogP contribution in [0.1, 0.15) is 37.9 Å². The summed E-state index contributed by atoms with van der Waals surface area (Å²) in [6, 6.07) is 9.30. The predicted molar refractivity (Wildman–Crippen MR) is 103 cm³/mol. The molecule has 2 amide bonds. The molecule has 0 unspecified atom stereocenters. The zero-order valence-corrected chi connectivity index (χ0v) is 16.7. The molecular weight excluding hydrogens is 360 g/mol. The molecule has 1 aliphatic heterocycles. The normalized spacial score (nSPS) is 12.3. The summed E-state index contributed by atoms with van der Waals surface area (Å²) >= 11 is 0. The highest BCUT2D eigenvalue weighted by atomic mass is 16.7. The number of nitrogens with zero attached hydrogens (tertiary/aromatic N) is 2. The molecule has 28 heavy (non-hydrogen) atoms. The average molecular weight is 386 g/mol. The quantitative estimate of drug-likeness (QED) is 0.731. The van der Waals surface area contributed by atoms with E-state index in [9.17, 15) is 9.59 Å². The number of hydrogen-bond acceptors (Lipinski definition) is 5. The minimum Gasteiger partial charge on any atom is -0.464 e. The highest BCUT2D eigenvalue weighted by Crippen LogP contribution is 2.33. The second-order valence-corrected chi connectivity index (χ2v) is 7.19. The van der Waals surface area contributed by atoms with Crippen molar-refractivity contribution >= 4 is 11.8 Å². The van der Waals surface area contributed by atoms with Gasteiger partial charge in [0.25, 0.3) is 0 Å². The Balaban J connectivity index is 1.79. The van der Waals surface area contributed by atoms with Gasteiger partial charge >= 0.3 is 0 Å². The third-order valence-corrected chi connectivity index (χ3v) is 4.64. The van der Waals surface area contributed by atoms with Crippen molar-refractivity contribution in [3.63, 3.8) is 0 Å². The highest BCUT2D eigenvalue weighted by molar-refractivity contribution is 5.84. The van der Waals surface area contributed by atoms with Gasteiger partial charge in [-0.2, -0.15) is 0 Å². The molecule has 150 valence electrons. The maximum Gasteiger partial charge on any atom is 0.242 e. The number of furan rings is 1. The molecule has 2 heterocycles. The first kappa shape index (κ1) is 19.8. The first-order valence-corrected chi connectivity index (χ1v) is 9.32. The molecule has 0 saturated carbocycles. The van der Waals surface area contributed by atoms with E-state index in [-0.39, 0.29) is 31.2 Å². The van der Waals surface area contributed by atoms with E-state index >= 15 is 0 Å². The van der Waals surface area contributed by atoms with E-state index in [1.54, 1.807) is 9.80 Å². The third kappa shape index (κ3) is 4.65. The smallest absolute Gasteiger partial charge is 0.242 e. The van der Waals surface area contributed by atoms with Crippen LogP contribution in [0.4, 0.5) is 0 Å². The van der Waals surface area contributed by atoms with Crippen LogP contribution in [0.25, 0.3) is 0 Å². The molecule has 1 aromatic carbocycles. The van der Waals surface area contributed by atoms with Crippen molar-refractivity contribution in [2.75, 3.05) is 13.3 Å². The van der Waals surface area contributed by atoms with E-state index in [2.05, 4.69) is 0 Å². The third-order valence-electron chi connectivity index (χ3n) is 4.64. The second kappa shape index (κ2) is 8.37. The SMILES string of the molecule is CC(=O)N(CC(=O)N(Cc1ccc2c(c1)OCO2)Cc1ccc(C)o1)C(C)C. The maximum atomic E-state index is 13.0. The summed E-state index contributed by atoms with van der Waals surface area (Å²) in [6.07, 6.45) is 0. The largest absolute Gasteiger partial charge is 0.464 e. The number of hydrogen-bond donors (Lipinski definition) is 0. The Morgan fingerprint density at radius 3 is 2.46 bits per heavy atom. The summed E-state index contributed by atoms with van der Waals surface area (Å²) in [7, 11) is 0. The Hall–Kier alpha value is -2.96. The first-order chi connectivity index (χ1) is 13.3. The lowest BCUT2D eigenvalue weighted by molar-refractivity contribution is -0.141. The number of fused-ring (bicyclic) bond motifs is 1. The molecule has 3 rings (SSSR count). The number of carbonyl (C=O) groups excluding carboxylic acids is 2. The van der Waals surface area contributed by atoms with Gasteiger partial charge < -0.3 is 23.7 Å². The Bertz CT molecular complexity index is 858. The lowest BCUT2D eigenvalue weighted by atomic mass is 10.1. The minimum absolute atomic E-state index is 0.0250. The van der Waals surface area contributed by atoms with Crippen molar-refractivity contribution < 1.29 is 23.5 Å². The number of benzene rings is 1. The average Bonchev–Trinajstić information content (AvgIpc) is 3.26. The molecule has 0 fully saturated rings. The van der Waals surface area contributed by atoms with E-state index in [1.807, 2.05) is 51.1 Å². The van der Waals surface area contributed by atoms with Crippen LogP contribution in [0, 0.1) is 6.92 Å². The molecular formula is C21H26N2O5. The van der Waals surface area contributed by atoms with E-state index in [0.717, 1.165) is 11.3 Å². The summed E-state index contributed by atoms with van der Waals surface area (Å²) in [4.78, 5) is 28.2. The minimum atomic E-state index is -0.143. The molecule has 1 aromatic heterocycles. The fourth-order valence-electron chi connectivity index (χ4n) is 3.15. The van der Waals surface area contributed by atoms with Crippen LogP contribution in [0.5, 0.6) is 11.5 Å². The number of rotatable bonds is 7. The topological polar surface area (TPSA) is 72.2 Å². The Morgan fingerprint density at radius 1 is 1.07 bits per heavy atom. The molecule has 0 bridgehead atoms. The molecule has 2 aromatic rings. The highest BCUT2D eigenvalue weighted by Gasteiger charge is 2.23. The summed E-state index contributed by atoms with van der Waals surface area (Å²) in [5.74, 6) is 2.59. The summed E-state index contributed by atoms with van der Waals surface area (Å²) in [5, 5.41) is 0. The van der Waals surface area contributed by atoms with Gasteiger partial charge in [0.2, 0.25) is 18.6 Å². The van der Waals surface area contributed by atoms with Gasteiger partial charge in [0.1, 0.15) is 11.5 Å². The molecule has 0 N–H and O–H groups in total. The van der Waals surface area contributed by atoms with Crippen LogP contribution in [-0.4, -0.2) is 41.0 Å². The second-order valence-electron chi connectivity index (χ2n) is 7.19. The number of carbonyl (C=O) groups is 2. The fourth-order valence-corrected chi connectivity index (χ4v) is 3.15. The first-order valence-electron chi connectivity index (χ1n) is 9.32. The molecule has 7 nitrogen and oxygen atoms in total. The Labute approximate surface area is 164 Å². The van der Waals surface area contributed by atoms with E-state index in [0.29, 0.717) is 30.3 Å². The van der Waals surface area contributed by atoms with E-state index in [1.165, 1.54) is 6.92 Å². The molecule has 0 aliphatic carbocycles. The number of aryl methyl sites for hydroxylation is 1. The summed E-state index contributed by atoms with van der Waals surface area (Å²) in [5.41, 5.74) is 0.916. The van der Waals surface area contributed by atoms with Crippen molar-refractivity contribution in [1.29, 1.82) is 0 Å². The van der Waals surface area contributed by atoms with Gasteiger partial charge in [0.05, 0.1) is 13.1 Å². The molecule has 0 atom stereocenters. The molecule has 7 heteroatoms. The molecule has 0 spiro atoms. The molecule has 0 radical (unpaired) electrons. The van der Waals surface area contributed by atoms with Gasteiger partial charge in [0.15, 0.2) is 11.5 Å². The van der Waals surface area contributed by atoms with Crippen LogP contribution in [0.15, 0.2) is 34.7 Å². The zero-order valence-electron chi connectivity index (χ0n) is 16.7. The van der Waals surface area contributed by atoms with Crippen molar-refractivity contribution in [3.05, 3.63) is 47.4 Å². The van der Waals surface area contributed by atoms with Gasteiger partial charge in [-0.15, -0.1) is 0 Å². The van der Waals surface area contributed by atoms with Crippen molar-refractivity contribution in [1.82, 2.24) is 9.80 Å². The number of ether oxygens (including phenoxy) is 2. The number of amides is 2. The van der Waals surface area contributed by atoms with Crippen LogP contribution in [0.2, 0.25) is 0 Å². The Morgan fingerprint density at radius 2 is 1.82 bits per heavy atom. The fraction of sp³-hybridized carbons (Fsp3) is 0.429. The van der Waals surface area contributed by atoms with Crippen LogP contribution in [-0.2, 0) is 22.7 Å². The van der Waals surface area contributed by atoms with Crippen molar-refractivity contribution in [2.24, 2.45) is 0 Å². The van der Waals surface area contributed by atoms with Gasteiger partial charge in [-0.3, -0.25) is 9.59 Å². The van der Waals surface area contributed by atoms with Gasteiger partial charge in [-0.25, -0.2) is 0 Å². The van der Waals surface area contributed by atoms with Crippen LogP contribution >= 0.6 is 0 Å². The summed E-state index contributed by atoms with van der Waals surface area (Å²) in [6.45, 7) is 8.06. The monoisotopic (exact) mass is 386 g/mol. The van der Waals surface area contributed by atoms with Gasteiger partial charge in [-0.1, -0.05) is 6.07 Å². The lowest BCUT2D eigenvalue weighted by Gasteiger charge is -2.29. The van der Waals surface area contributed by atoms with Gasteiger partial charge in [0, 0.05) is 19.5 Å². The van der Waals surface area contributed by atoms with E-state index < -0.39 is 0 Å². The maximum absolute atomic E-state index is 13.0. The predicted octanol–water partition coefficient (Wildman–Crippen LogP) is 3.10. The Kier molecular flexibility index (Phi) is 5.92. The summed E-state index contributed by atoms with van der Waals surface area (Å²) < 4.78 is 16.4. The standard InChI is InChI=1S/C21H26N2O5/c1-14(2)23(16(4)24)12-21(25)22(11-18-7-5-15(3)28-18)10-17-6-8-19-20(9-17)27-13-26-19/h5-9,14H,10-13H2,1-4H3. The van der Waals surface area contributed by atoms with Crippen molar-refractivity contribution in [2.45, 2.75) is 46.8 Å². The van der Waals surface area contributed by atoms with Crippen LogP contribution in [0.3, 0.4) is 0 Å². The lowest BCUT2D eigenvalue weighted by Crippen LogP contribution is -2.44. The molecule has 1 aliphatic rings. The van der Waals surface area contributed by atoms with Crippen LogP contribution < -0.4 is 9.47 Å². The van der Waals surface area contributed by atoms with E-state index in [4.69, 9.17) is 13.9 Å². The van der Waals surface area contributed by atoms with Crippen molar-refractivity contribution in [3.8, 4) is 11.5 Å². The van der Waals surface area contributed by atoms with Gasteiger partial charge in [-0.05, 0) is 50.6 Å². The zero-order chi connectivity index (χ0) is 20.3.